The minimum absolute atomic E-state index is 0.0287. The van der Waals surface area contributed by atoms with Gasteiger partial charge in [0.2, 0.25) is 0 Å². The minimum atomic E-state index is 0.0287. The van der Waals surface area contributed by atoms with E-state index in [0.29, 0.717) is 18.3 Å². The van der Waals surface area contributed by atoms with Crippen LogP contribution in [0.3, 0.4) is 0 Å². The SMILES string of the molecule is Cc1cc(C(N)=S)nc(OC2CCOC2)n1. The van der Waals surface area contributed by atoms with Crippen molar-refractivity contribution in [3.8, 4) is 6.01 Å². The standard InChI is InChI=1S/C10H13N3O2S/c1-6-4-8(9(11)16)13-10(12-6)15-7-2-3-14-5-7/h4,7H,2-3,5H2,1H3,(H2,11,16). The maximum atomic E-state index is 5.58. The van der Waals surface area contributed by atoms with Gasteiger partial charge in [-0.1, -0.05) is 12.2 Å². The smallest absolute Gasteiger partial charge is 0.317 e. The van der Waals surface area contributed by atoms with Crippen LogP contribution in [0.4, 0.5) is 0 Å². The molecule has 5 nitrogen and oxygen atoms in total. The molecule has 2 N–H and O–H groups in total. The molecule has 0 aliphatic carbocycles. The predicted molar refractivity (Wildman–Crippen MR) is 62.5 cm³/mol. The zero-order valence-electron chi connectivity index (χ0n) is 8.97. The quantitative estimate of drug-likeness (QED) is 0.778. The molecule has 0 radical (unpaired) electrons. The monoisotopic (exact) mass is 239 g/mol. The third kappa shape index (κ3) is 2.65. The van der Waals surface area contributed by atoms with E-state index in [9.17, 15) is 0 Å². The van der Waals surface area contributed by atoms with Crippen molar-refractivity contribution in [1.29, 1.82) is 0 Å². The molecule has 6 heteroatoms. The maximum absolute atomic E-state index is 5.58. The molecule has 2 rings (SSSR count). The van der Waals surface area contributed by atoms with Gasteiger partial charge >= 0.3 is 6.01 Å². The van der Waals surface area contributed by atoms with Crippen molar-refractivity contribution in [1.82, 2.24) is 9.97 Å². The second-order valence-electron chi connectivity index (χ2n) is 3.64. The van der Waals surface area contributed by atoms with Crippen molar-refractivity contribution >= 4 is 17.2 Å². The molecule has 1 unspecified atom stereocenters. The average Bonchev–Trinajstić information content (AvgIpc) is 2.69. The van der Waals surface area contributed by atoms with Crippen molar-refractivity contribution in [2.45, 2.75) is 19.4 Å². The molecule has 0 spiro atoms. The normalized spacial score (nSPS) is 19.7. The number of aromatic nitrogens is 2. The van der Waals surface area contributed by atoms with E-state index in [1.54, 1.807) is 6.07 Å². The fourth-order valence-electron chi connectivity index (χ4n) is 1.48. The molecular weight excluding hydrogens is 226 g/mol. The van der Waals surface area contributed by atoms with Crippen molar-refractivity contribution < 1.29 is 9.47 Å². The van der Waals surface area contributed by atoms with Gasteiger partial charge < -0.3 is 15.2 Å². The van der Waals surface area contributed by atoms with Crippen LogP contribution in [0.1, 0.15) is 17.8 Å². The number of thiocarbonyl (C=S) groups is 1. The highest BCUT2D eigenvalue weighted by Crippen LogP contribution is 2.13. The first-order valence-electron chi connectivity index (χ1n) is 5.05. The van der Waals surface area contributed by atoms with Crippen LogP contribution in [-0.2, 0) is 4.74 Å². The lowest BCUT2D eigenvalue weighted by Crippen LogP contribution is -2.19. The van der Waals surface area contributed by atoms with Crippen LogP contribution in [0.5, 0.6) is 6.01 Å². The summed E-state index contributed by atoms with van der Waals surface area (Å²) in [5.74, 6) is 0. The first kappa shape index (κ1) is 11.2. The Hall–Kier alpha value is -1.27. The van der Waals surface area contributed by atoms with E-state index in [2.05, 4.69) is 9.97 Å². The molecule has 1 aromatic heterocycles. The lowest BCUT2D eigenvalue weighted by Gasteiger charge is -2.10. The first-order valence-corrected chi connectivity index (χ1v) is 5.46. The summed E-state index contributed by atoms with van der Waals surface area (Å²) in [6, 6.07) is 2.05. The van der Waals surface area contributed by atoms with E-state index in [0.717, 1.165) is 18.7 Å². The Morgan fingerprint density at radius 3 is 3.06 bits per heavy atom. The fourth-order valence-corrected chi connectivity index (χ4v) is 1.58. The van der Waals surface area contributed by atoms with Crippen molar-refractivity contribution in [2.24, 2.45) is 5.73 Å². The summed E-state index contributed by atoms with van der Waals surface area (Å²) in [7, 11) is 0. The van der Waals surface area contributed by atoms with Crippen LogP contribution >= 0.6 is 12.2 Å². The summed E-state index contributed by atoms with van der Waals surface area (Å²) < 4.78 is 10.8. The number of hydrogen-bond donors (Lipinski definition) is 1. The van der Waals surface area contributed by atoms with Gasteiger partial charge in [0, 0.05) is 12.1 Å². The summed E-state index contributed by atoms with van der Waals surface area (Å²) in [5, 5.41) is 0. The van der Waals surface area contributed by atoms with Crippen LogP contribution in [0.2, 0.25) is 0 Å². The largest absolute Gasteiger partial charge is 0.458 e. The van der Waals surface area contributed by atoms with E-state index in [1.807, 2.05) is 6.92 Å². The molecule has 2 heterocycles. The molecule has 0 aromatic carbocycles. The number of rotatable bonds is 3. The molecule has 1 aromatic rings. The Morgan fingerprint density at radius 2 is 2.44 bits per heavy atom. The Bertz CT molecular complexity index is 405. The van der Waals surface area contributed by atoms with E-state index in [1.165, 1.54) is 0 Å². The van der Waals surface area contributed by atoms with Gasteiger partial charge in [-0.2, -0.15) is 4.98 Å². The zero-order chi connectivity index (χ0) is 11.5. The van der Waals surface area contributed by atoms with Gasteiger partial charge in [-0.05, 0) is 13.0 Å². The molecule has 1 aliphatic rings. The van der Waals surface area contributed by atoms with Crippen molar-refractivity contribution in [3.63, 3.8) is 0 Å². The van der Waals surface area contributed by atoms with Gasteiger partial charge in [0.15, 0.2) is 0 Å². The van der Waals surface area contributed by atoms with Crippen LogP contribution in [0.25, 0.3) is 0 Å². The van der Waals surface area contributed by atoms with E-state index in [4.69, 9.17) is 27.4 Å². The van der Waals surface area contributed by atoms with E-state index >= 15 is 0 Å². The Balaban J connectivity index is 2.16. The van der Waals surface area contributed by atoms with Gasteiger partial charge in [0.1, 0.15) is 16.8 Å². The summed E-state index contributed by atoms with van der Waals surface area (Å²) in [4.78, 5) is 8.57. The van der Waals surface area contributed by atoms with Gasteiger partial charge in [-0.3, -0.25) is 0 Å². The lowest BCUT2D eigenvalue weighted by atomic mass is 10.3. The Kier molecular flexibility index (Phi) is 3.31. The number of hydrogen-bond acceptors (Lipinski definition) is 5. The molecule has 1 fully saturated rings. The van der Waals surface area contributed by atoms with Gasteiger partial charge in [-0.25, -0.2) is 4.98 Å². The molecule has 0 amide bonds. The maximum Gasteiger partial charge on any atom is 0.317 e. The molecule has 0 saturated carbocycles. The third-order valence-corrected chi connectivity index (χ3v) is 2.46. The summed E-state index contributed by atoms with van der Waals surface area (Å²) >= 11 is 4.87. The van der Waals surface area contributed by atoms with Crippen molar-refractivity contribution in [2.75, 3.05) is 13.2 Å². The second-order valence-corrected chi connectivity index (χ2v) is 4.08. The van der Waals surface area contributed by atoms with Crippen LogP contribution in [0, 0.1) is 6.92 Å². The van der Waals surface area contributed by atoms with Crippen LogP contribution in [-0.4, -0.2) is 34.3 Å². The molecular formula is C10H13N3O2S. The molecule has 1 saturated heterocycles. The molecule has 0 bridgehead atoms. The Labute approximate surface area is 99.0 Å². The Morgan fingerprint density at radius 1 is 1.62 bits per heavy atom. The van der Waals surface area contributed by atoms with Gasteiger partial charge in [0.25, 0.3) is 0 Å². The number of ether oxygens (including phenoxy) is 2. The number of aryl methyl sites for hydroxylation is 1. The van der Waals surface area contributed by atoms with E-state index in [-0.39, 0.29) is 11.1 Å². The number of nitrogens with zero attached hydrogens (tertiary/aromatic N) is 2. The molecule has 1 atom stereocenters. The van der Waals surface area contributed by atoms with Gasteiger partial charge in [-0.15, -0.1) is 0 Å². The highest BCUT2D eigenvalue weighted by atomic mass is 32.1. The summed E-state index contributed by atoms with van der Waals surface area (Å²) in [6.45, 7) is 3.15. The van der Waals surface area contributed by atoms with Crippen LogP contribution in [0.15, 0.2) is 6.07 Å². The molecule has 86 valence electrons. The summed E-state index contributed by atoms with van der Waals surface area (Å²) in [6.07, 6.45) is 0.890. The lowest BCUT2D eigenvalue weighted by molar-refractivity contribution is 0.134. The summed E-state index contributed by atoms with van der Waals surface area (Å²) in [5.41, 5.74) is 6.84. The molecule has 16 heavy (non-hydrogen) atoms. The van der Waals surface area contributed by atoms with Crippen LogP contribution < -0.4 is 10.5 Å². The van der Waals surface area contributed by atoms with E-state index < -0.39 is 0 Å². The van der Waals surface area contributed by atoms with Crippen molar-refractivity contribution in [3.05, 3.63) is 17.5 Å². The average molecular weight is 239 g/mol. The second kappa shape index (κ2) is 4.71. The topological polar surface area (TPSA) is 70.3 Å². The predicted octanol–water partition coefficient (Wildman–Crippen LogP) is 0.587. The third-order valence-electron chi connectivity index (χ3n) is 2.25. The highest BCUT2D eigenvalue weighted by molar-refractivity contribution is 7.80. The highest BCUT2D eigenvalue weighted by Gasteiger charge is 2.19. The van der Waals surface area contributed by atoms with Gasteiger partial charge in [0.05, 0.1) is 13.2 Å². The molecule has 1 aliphatic heterocycles. The first-order chi connectivity index (χ1) is 7.65. The fraction of sp³-hybridized carbons (Fsp3) is 0.500. The number of nitrogens with two attached hydrogens (primary N) is 1. The zero-order valence-corrected chi connectivity index (χ0v) is 9.79. The minimum Gasteiger partial charge on any atom is -0.458 e.